The molecule has 39 heavy (non-hydrogen) atoms. The molecule has 0 radical (unpaired) electrons. The van der Waals surface area contributed by atoms with Crippen LogP contribution in [0.15, 0.2) is 59.7 Å². The molecule has 3 rings (SSSR count). The van der Waals surface area contributed by atoms with Crippen molar-refractivity contribution in [3.05, 3.63) is 65.1 Å². The highest BCUT2D eigenvalue weighted by Crippen LogP contribution is 2.23. The van der Waals surface area contributed by atoms with E-state index in [1.165, 1.54) is 109 Å². The van der Waals surface area contributed by atoms with Gasteiger partial charge in [-0.25, -0.2) is 4.57 Å². The highest BCUT2D eigenvalue weighted by Gasteiger charge is 2.12. The molecule has 0 atom stereocenters. The highest BCUT2D eigenvalue weighted by atomic mass is 16.1. The van der Waals surface area contributed by atoms with Crippen LogP contribution in [0.3, 0.4) is 0 Å². The minimum absolute atomic E-state index is 0.121. The van der Waals surface area contributed by atoms with Crippen LogP contribution in [0.5, 0.6) is 0 Å². The molecule has 3 heteroatoms. The molecule has 0 fully saturated rings. The Hall–Kier alpha value is -2.42. The van der Waals surface area contributed by atoms with E-state index in [-0.39, 0.29) is 5.43 Å². The van der Waals surface area contributed by atoms with E-state index < -0.39 is 0 Å². The van der Waals surface area contributed by atoms with Gasteiger partial charge in [0, 0.05) is 42.1 Å². The Morgan fingerprint density at radius 3 is 1.72 bits per heavy atom. The van der Waals surface area contributed by atoms with Crippen LogP contribution in [-0.4, -0.2) is 4.57 Å². The summed E-state index contributed by atoms with van der Waals surface area (Å²) in [4.78, 5) is 13.0. The number of nitrogens with zero attached hydrogens (tertiary/aromatic N) is 2. The summed E-state index contributed by atoms with van der Waals surface area (Å²) in [5.41, 5.74) is 3.37. The predicted octanol–water partition coefficient (Wildman–Crippen LogP) is 10.0. The first-order chi connectivity index (χ1) is 19.2. The Balaban J connectivity index is 1.55. The number of hydrogen-bond acceptors (Lipinski definition) is 1. The number of pyridine rings is 2. The van der Waals surface area contributed by atoms with E-state index in [0.29, 0.717) is 0 Å². The molecule has 0 amide bonds. The van der Waals surface area contributed by atoms with Crippen LogP contribution in [0.4, 0.5) is 0 Å². The van der Waals surface area contributed by atoms with Crippen molar-refractivity contribution in [2.24, 2.45) is 0 Å². The lowest BCUT2D eigenvalue weighted by Gasteiger charge is -2.17. The topological polar surface area (TPSA) is 25.9 Å². The number of hydrogen-bond donors (Lipinski definition) is 0. The van der Waals surface area contributed by atoms with E-state index >= 15 is 0 Å². The SMILES string of the molecule is CCCCCCCCCCCn1c(-c2cc[n+](CCCCCCCCCCC)cc2)cc(=O)c2ccccc21. The first-order valence-corrected chi connectivity index (χ1v) is 16.4. The van der Waals surface area contributed by atoms with Gasteiger partial charge in [-0.3, -0.25) is 4.79 Å². The van der Waals surface area contributed by atoms with Crippen LogP contribution in [0.25, 0.3) is 22.2 Å². The van der Waals surface area contributed by atoms with Gasteiger partial charge in [-0.05, 0) is 25.0 Å². The van der Waals surface area contributed by atoms with Crippen LogP contribution in [0.2, 0.25) is 0 Å². The standard InChI is InChI=1S/C36H55N2O/c1-3-5-7-9-11-13-15-17-21-27-37-29-25-32(26-30-37)35-31-36(39)33-23-19-20-24-34(33)38(35)28-22-18-16-14-12-10-8-6-4-2/h19-20,23-26,29-31H,3-18,21-22,27-28H2,1-2H3/q+1. The molecule has 2 aromatic heterocycles. The Bertz CT molecular complexity index is 1120. The largest absolute Gasteiger partial charge is 0.340 e. The second-order valence-electron chi connectivity index (χ2n) is 11.5. The minimum Gasteiger partial charge on any atom is -0.340 e. The maximum Gasteiger partial charge on any atom is 0.190 e. The van der Waals surface area contributed by atoms with Crippen LogP contribution >= 0.6 is 0 Å². The van der Waals surface area contributed by atoms with E-state index in [1.54, 1.807) is 0 Å². The zero-order chi connectivity index (χ0) is 27.5. The van der Waals surface area contributed by atoms with Gasteiger partial charge < -0.3 is 4.57 Å². The third-order valence-electron chi connectivity index (χ3n) is 8.21. The zero-order valence-electron chi connectivity index (χ0n) is 25.1. The van der Waals surface area contributed by atoms with Crippen molar-refractivity contribution in [1.29, 1.82) is 0 Å². The first-order valence-electron chi connectivity index (χ1n) is 16.4. The maximum absolute atomic E-state index is 13.0. The Morgan fingerprint density at radius 1 is 0.615 bits per heavy atom. The zero-order valence-corrected chi connectivity index (χ0v) is 25.1. The van der Waals surface area contributed by atoms with E-state index in [9.17, 15) is 4.79 Å². The fourth-order valence-corrected chi connectivity index (χ4v) is 5.77. The summed E-state index contributed by atoms with van der Waals surface area (Å²) in [6.45, 7) is 6.59. The summed E-state index contributed by atoms with van der Waals surface area (Å²) in [5, 5.41) is 0.827. The average Bonchev–Trinajstić information content (AvgIpc) is 2.96. The van der Waals surface area contributed by atoms with Crippen molar-refractivity contribution in [2.75, 3.05) is 0 Å². The molecule has 0 bridgehead atoms. The lowest BCUT2D eigenvalue weighted by molar-refractivity contribution is -0.697. The number of rotatable bonds is 21. The summed E-state index contributed by atoms with van der Waals surface area (Å²) in [6, 6.07) is 14.4. The van der Waals surface area contributed by atoms with Gasteiger partial charge in [0.05, 0.1) is 11.2 Å². The van der Waals surface area contributed by atoms with Crippen LogP contribution < -0.4 is 10.00 Å². The second-order valence-corrected chi connectivity index (χ2v) is 11.5. The molecular formula is C36H55N2O+. The number of para-hydroxylation sites is 1. The van der Waals surface area contributed by atoms with Gasteiger partial charge in [0.25, 0.3) is 0 Å². The molecule has 0 unspecified atom stereocenters. The van der Waals surface area contributed by atoms with Gasteiger partial charge in [-0.1, -0.05) is 122 Å². The number of aromatic nitrogens is 2. The smallest absolute Gasteiger partial charge is 0.190 e. The Labute approximate surface area is 238 Å². The van der Waals surface area contributed by atoms with Gasteiger partial charge >= 0.3 is 0 Å². The van der Waals surface area contributed by atoms with Gasteiger partial charge in [0.15, 0.2) is 17.8 Å². The molecule has 0 saturated carbocycles. The van der Waals surface area contributed by atoms with E-state index in [4.69, 9.17) is 0 Å². The van der Waals surface area contributed by atoms with Crippen molar-refractivity contribution >= 4 is 10.9 Å². The number of benzene rings is 1. The molecule has 214 valence electrons. The third-order valence-corrected chi connectivity index (χ3v) is 8.21. The lowest BCUT2D eigenvalue weighted by atomic mass is 10.1. The molecule has 0 saturated heterocycles. The van der Waals surface area contributed by atoms with Crippen molar-refractivity contribution in [3.8, 4) is 11.3 Å². The molecule has 3 nitrogen and oxygen atoms in total. The fraction of sp³-hybridized carbons (Fsp3) is 0.611. The van der Waals surface area contributed by atoms with Gasteiger partial charge in [-0.2, -0.15) is 0 Å². The van der Waals surface area contributed by atoms with Crippen molar-refractivity contribution in [3.63, 3.8) is 0 Å². The molecule has 0 spiro atoms. The molecule has 3 aromatic rings. The second kappa shape index (κ2) is 18.8. The number of aryl methyl sites for hydroxylation is 2. The van der Waals surface area contributed by atoms with Crippen LogP contribution in [0.1, 0.15) is 129 Å². The fourth-order valence-electron chi connectivity index (χ4n) is 5.77. The van der Waals surface area contributed by atoms with Gasteiger partial charge in [0.2, 0.25) is 0 Å². The van der Waals surface area contributed by atoms with Crippen LogP contribution in [-0.2, 0) is 13.1 Å². The number of fused-ring (bicyclic) bond motifs is 1. The number of unbranched alkanes of at least 4 members (excludes halogenated alkanes) is 16. The molecule has 0 aliphatic heterocycles. The maximum atomic E-state index is 13.0. The molecule has 0 aliphatic carbocycles. The minimum atomic E-state index is 0.121. The van der Waals surface area contributed by atoms with Crippen molar-refractivity contribution in [2.45, 2.75) is 143 Å². The molecule has 0 N–H and O–H groups in total. The Morgan fingerprint density at radius 2 is 1.13 bits per heavy atom. The molecule has 0 aliphatic rings. The summed E-state index contributed by atoms with van der Waals surface area (Å²) >= 11 is 0. The highest BCUT2D eigenvalue weighted by molar-refractivity contribution is 5.82. The molecular weight excluding hydrogens is 476 g/mol. The Kier molecular flexibility index (Phi) is 15.0. The van der Waals surface area contributed by atoms with Gasteiger partial charge in [0.1, 0.15) is 6.54 Å². The van der Waals surface area contributed by atoms with E-state index in [2.05, 4.69) is 59.6 Å². The summed E-state index contributed by atoms with van der Waals surface area (Å²) in [7, 11) is 0. The quantitative estimate of drug-likeness (QED) is 0.0991. The first kappa shape index (κ1) is 31.1. The van der Waals surface area contributed by atoms with Crippen molar-refractivity contribution in [1.82, 2.24) is 4.57 Å². The molecule has 2 heterocycles. The third kappa shape index (κ3) is 10.9. The summed E-state index contributed by atoms with van der Waals surface area (Å²) in [6.07, 6.45) is 28.5. The van der Waals surface area contributed by atoms with E-state index in [1.807, 2.05) is 18.2 Å². The summed E-state index contributed by atoms with van der Waals surface area (Å²) in [5.74, 6) is 0. The van der Waals surface area contributed by atoms with E-state index in [0.717, 1.165) is 41.7 Å². The summed E-state index contributed by atoms with van der Waals surface area (Å²) < 4.78 is 4.69. The van der Waals surface area contributed by atoms with Crippen LogP contribution in [0, 0.1) is 0 Å². The lowest BCUT2D eigenvalue weighted by Crippen LogP contribution is -2.32. The monoisotopic (exact) mass is 531 g/mol. The predicted molar refractivity (Wildman–Crippen MR) is 168 cm³/mol. The molecule has 1 aromatic carbocycles. The average molecular weight is 532 g/mol. The van der Waals surface area contributed by atoms with Gasteiger partial charge in [-0.15, -0.1) is 0 Å². The van der Waals surface area contributed by atoms with Crippen molar-refractivity contribution < 1.29 is 4.57 Å². The normalized spacial score (nSPS) is 11.4.